The first kappa shape index (κ1) is 20.5. The second-order valence-electron chi connectivity index (χ2n) is 6.59. The first-order chi connectivity index (χ1) is 12.8. The Hall–Kier alpha value is -1.86. The van der Waals surface area contributed by atoms with Gasteiger partial charge in [0.05, 0.1) is 0 Å². The van der Waals surface area contributed by atoms with Gasteiger partial charge in [-0.1, -0.05) is 82.2 Å². The summed E-state index contributed by atoms with van der Waals surface area (Å²) in [5.74, 6) is 1.11. The largest absolute Gasteiger partial charge is 0.805 e. The van der Waals surface area contributed by atoms with Crippen molar-refractivity contribution in [2.45, 2.75) is 64.7 Å². The third-order valence-corrected chi connectivity index (χ3v) is 5.07. The number of rotatable bonds is 13. The Balaban J connectivity index is 1.62. The molecule has 140 valence electrons. The average molecular weight is 373 g/mol. The molecule has 0 fully saturated rings. The topological polar surface area (TPSA) is 35.5 Å². The first-order valence-electron chi connectivity index (χ1n) is 9.75. The van der Waals surface area contributed by atoms with Crippen LogP contribution in [0.15, 0.2) is 54.6 Å². The zero-order chi connectivity index (χ0) is 18.5. The van der Waals surface area contributed by atoms with Crippen molar-refractivity contribution < 1.29 is 13.6 Å². The van der Waals surface area contributed by atoms with Gasteiger partial charge in [0.25, 0.3) is 0 Å². The lowest BCUT2D eigenvalue weighted by Gasteiger charge is -2.03. The minimum atomic E-state index is -2.22. The van der Waals surface area contributed by atoms with Crippen molar-refractivity contribution in [1.29, 1.82) is 0 Å². The van der Waals surface area contributed by atoms with Gasteiger partial charge in [-0.3, -0.25) is 0 Å². The van der Waals surface area contributed by atoms with E-state index in [1.165, 1.54) is 56.9 Å². The van der Waals surface area contributed by atoms with E-state index < -0.39 is 8.25 Å². The molecule has 0 spiro atoms. The van der Waals surface area contributed by atoms with Gasteiger partial charge in [0.1, 0.15) is 0 Å². The Labute approximate surface area is 158 Å². The molecule has 0 radical (unpaired) electrons. The summed E-state index contributed by atoms with van der Waals surface area (Å²) in [5.41, 5.74) is 1.29. The number of benzene rings is 2. The number of para-hydroxylation sites is 1. The molecule has 0 aliphatic rings. The molecule has 1 unspecified atom stereocenters. The van der Waals surface area contributed by atoms with E-state index >= 15 is 0 Å². The highest BCUT2D eigenvalue weighted by Gasteiger charge is 2.23. The van der Waals surface area contributed by atoms with E-state index in [2.05, 4.69) is 6.92 Å². The van der Waals surface area contributed by atoms with E-state index in [0.29, 0.717) is 11.5 Å². The van der Waals surface area contributed by atoms with Crippen LogP contribution >= 0.6 is 8.25 Å². The molecular formula is C22H30O3P+. The van der Waals surface area contributed by atoms with Crippen molar-refractivity contribution in [3.63, 3.8) is 0 Å². The summed E-state index contributed by atoms with van der Waals surface area (Å²) >= 11 is 0. The standard InChI is InChI=1S/C22H30O3P/c1-2-3-4-5-6-7-8-10-13-20-16-18-22(19-17-20)25-26(23)24-21-14-11-9-12-15-21/h9,11-12,14-19H,2-8,10,13H2,1H3/q+1. The molecule has 0 heterocycles. The molecule has 2 aromatic carbocycles. The molecule has 2 rings (SSSR count). The summed E-state index contributed by atoms with van der Waals surface area (Å²) in [7, 11) is -2.22. The van der Waals surface area contributed by atoms with Crippen LogP contribution in [-0.4, -0.2) is 0 Å². The summed E-state index contributed by atoms with van der Waals surface area (Å²) in [4.78, 5) is 0. The summed E-state index contributed by atoms with van der Waals surface area (Å²) in [6.07, 6.45) is 11.7. The van der Waals surface area contributed by atoms with E-state index in [0.717, 1.165) is 6.42 Å². The molecule has 4 heteroatoms. The Morgan fingerprint density at radius 3 is 1.85 bits per heavy atom. The van der Waals surface area contributed by atoms with E-state index in [4.69, 9.17) is 9.05 Å². The summed E-state index contributed by atoms with van der Waals surface area (Å²) in [5, 5.41) is 0. The van der Waals surface area contributed by atoms with Gasteiger partial charge >= 0.3 is 8.25 Å². The smallest absolute Gasteiger partial charge is 0.222 e. The maximum atomic E-state index is 11.9. The third-order valence-electron chi connectivity index (χ3n) is 4.35. The van der Waals surface area contributed by atoms with Crippen molar-refractivity contribution in [3.05, 3.63) is 60.2 Å². The fourth-order valence-electron chi connectivity index (χ4n) is 2.85. The molecule has 0 N–H and O–H groups in total. The van der Waals surface area contributed by atoms with Crippen LogP contribution in [0, 0.1) is 0 Å². The fraction of sp³-hybridized carbons (Fsp3) is 0.455. The number of hydrogen-bond acceptors (Lipinski definition) is 3. The lowest BCUT2D eigenvalue weighted by atomic mass is 10.0. The molecule has 0 aliphatic heterocycles. The lowest BCUT2D eigenvalue weighted by molar-refractivity contribution is 0.415. The number of unbranched alkanes of at least 4 members (excludes halogenated alkanes) is 7. The van der Waals surface area contributed by atoms with Crippen LogP contribution in [0.1, 0.15) is 63.9 Å². The molecule has 0 saturated carbocycles. The van der Waals surface area contributed by atoms with Gasteiger partial charge in [-0.05, 0) is 42.7 Å². The van der Waals surface area contributed by atoms with Crippen molar-refractivity contribution >= 4 is 8.25 Å². The maximum absolute atomic E-state index is 11.9. The summed E-state index contributed by atoms with van der Waals surface area (Å²) in [6.45, 7) is 2.25. The molecule has 0 saturated heterocycles. The average Bonchev–Trinajstić information content (AvgIpc) is 2.66. The van der Waals surface area contributed by atoms with Crippen molar-refractivity contribution in [3.8, 4) is 11.5 Å². The highest BCUT2D eigenvalue weighted by atomic mass is 31.1. The Morgan fingerprint density at radius 2 is 1.23 bits per heavy atom. The molecule has 0 amide bonds. The maximum Gasteiger partial charge on any atom is 0.805 e. The molecule has 0 aliphatic carbocycles. The van der Waals surface area contributed by atoms with Crippen molar-refractivity contribution in [2.75, 3.05) is 0 Å². The minimum Gasteiger partial charge on any atom is -0.222 e. The predicted octanol–water partition coefficient (Wildman–Crippen LogP) is 7.49. The number of hydrogen-bond donors (Lipinski definition) is 0. The quantitative estimate of drug-likeness (QED) is 0.269. The van der Waals surface area contributed by atoms with Gasteiger partial charge in [0, 0.05) is 4.57 Å². The monoisotopic (exact) mass is 373 g/mol. The normalized spacial score (nSPS) is 11.2. The van der Waals surface area contributed by atoms with Crippen LogP contribution in [-0.2, 0) is 11.0 Å². The van der Waals surface area contributed by atoms with Crippen LogP contribution < -0.4 is 9.05 Å². The van der Waals surface area contributed by atoms with E-state index in [1.54, 1.807) is 12.1 Å². The van der Waals surface area contributed by atoms with Gasteiger partial charge in [-0.15, -0.1) is 0 Å². The van der Waals surface area contributed by atoms with Crippen LogP contribution in [0.5, 0.6) is 11.5 Å². The number of aryl methyl sites for hydroxylation is 1. The highest BCUT2D eigenvalue weighted by Crippen LogP contribution is 2.30. The third kappa shape index (κ3) is 8.49. The van der Waals surface area contributed by atoms with Gasteiger partial charge in [-0.25, -0.2) is 9.05 Å². The summed E-state index contributed by atoms with van der Waals surface area (Å²) < 4.78 is 22.5. The molecular weight excluding hydrogens is 343 g/mol. The Bertz CT molecular complexity index is 626. The van der Waals surface area contributed by atoms with Crippen LogP contribution in [0.25, 0.3) is 0 Å². The molecule has 1 atom stereocenters. The minimum absolute atomic E-state index is 0.542. The zero-order valence-electron chi connectivity index (χ0n) is 15.7. The molecule has 0 aromatic heterocycles. The highest BCUT2D eigenvalue weighted by molar-refractivity contribution is 7.34. The summed E-state index contributed by atoms with van der Waals surface area (Å²) in [6, 6.07) is 16.9. The van der Waals surface area contributed by atoms with E-state index in [-0.39, 0.29) is 0 Å². The van der Waals surface area contributed by atoms with E-state index in [1.807, 2.05) is 42.5 Å². The second-order valence-corrected chi connectivity index (χ2v) is 7.40. The SMILES string of the molecule is CCCCCCCCCCc1ccc(O[P+](=O)Oc2ccccc2)cc1. The van der Waals surface area contributed by atoms with Crippen LogP contribution in [0.3, 0.4) is 0 Å². The molecule has 26 heavy (non-hydrogen) atoms. The first-order valence-corrected chi connectivity index (χ1v) is 10.8. The molecule has 3 nitrogen and oxygen atoms in total. The Morgan fingerprint density at radius 1 is 0.692 bits per heavy atom. The zero-order valence-corrected chi connectivity index (χ0v) is 16.6. The van der Waals surface area contributed by atoms with Crippen LogP contribution in [0.4, 0.5) is 0 Å². The van der Waals surface area contributed by atoms with Gasteiger partial charge < -0.3 is 0 Å². The van der Waals surface area contributed by atoms with Gasteiger partial charge in [0.15, 0.2) is 11.5 Å². The Kier molecular flexibility index (Phi) is 9.82. The molecule has 2 aromatic rings. The van der Waals surface area contributed by atoms with Crippen molar-refractivity contribution in [2.24, 2.45) is 0 Å². The second kappa shape index (κ2) is 12.5. The van der Waals surface area contributed by atoms with Crippen LogP contribution in [0.2, 0.25) is 0 Å². The van der Waals surface area contributed by atoms with Gasteiger partial charge in [-0.2, -0.15) is 0 Å². The van der Waals surface area contributed by atoms with Gasteiger partial charge in [0.2, 0.25) is 0 Å². The predicted molar refractivity (Wildman–Crippen MR) is 108 cm³/mol. The van der Waals surface area contributed by atoms with Crippen molar-refractivity contribution in [1.82, 2.24) is 0 Å². The van der Waals surface area contributed by atoms with E-state index in [9.17, 15) is 4.57 Å². The molecule has 0 bridgehead atoms. The lowest BCUT2D eigenvalue weighted by Crippen LogP contribution is -1.90. The fourth-order valence-corrected chi connectivity index (χ4v) is 3.48.